The number of amides is 2. The van der Waals surface area contributed by atoms with Gasteiger partial charge in [0.05, 0.1) is 6.04 Å². The van der Waals surface area contributed by atoms with Crippen LogP contribution in [-0.4, -0.2) is 16.7 Å². The van der Waals surface area contributed by atoms with Crippen LogP contribution in [-0.2, 0) is 22.4 Å². The highest BCUT2D eigenvalue weighted by atomic mass is 16.2. The molecule has 0 unspecified atom stereocenters. The molecule has 3 nitrogen and oxygen atoms in total. The van der Waals surface area contributed by atoms with Crippen molar-refractivity contribution < 1.29 is 9.59 Å². The molecule has 0 bridgehead atoms. The third-order valence-corrected chi connectivity index (χ3v) is 3.95. The van der Waals surface area contributed by atoms with Gasteiger partial charge in [0.15, 0.2) is 0 Å². The molecule has 0 aromatic heterocycles. The lowest BCUT2D eigenvalue weighted by Crippen LogP contribution is -2.33. The number of aryl methyl sites for hydroxylation is 2. The van der Waals surface area contributed by atoms with Crippen molar-refractivity contribution in [1.82, 2.24) is 4.90 Å². The molecule has 1 aliphatic carbocycles. The van der Waals surface area contributed by atoms with E-state index in [4.69, 9.17) is 0 Å². The molecule has 1 aromatic carbocycles. The van der Waals surface area contributed by atoms with E-state index in [0.29, 0.717) is 0 Å². The first-order valence-electron chi connectivity index (χ1n) is 6.87. The van der Waals surface area contributed by atoms with Crippen LogP contribution in [0.1, 0.15) is 42.5 Å². The zero-order valence-corrected chi connectivity index (χ0v) is 11.1. The van der Waals surface area contributed by atoms with Crippen LogP contribution in [0.15, 0.2) is 30.4 Å². The van der Waals surface area contributed by atoms with Crippen molar-refractivity contribution in [2.45, 2.75) is 38.6 Å². The standard InChI is InChI=1S/C16H17NO2/c1-2-3-11-4-6-13-12(10-11)5-7-14(13)17-15(18)8-9-16(17)19/h4,6,8-10,14H,2-3,5,7H2,1H3/t14-/m0/s1. The molecule has 0 fully saturated rings. The molecule has 1 heterocycles. The third-order valence-electron chi connectivity index (χ3n) is 3.95. The summed E-state index contributed by atoms with van der Waals surface area (Å²) in [6.45, 7) is 2.17. The Labute approximate surface area is 112 Å². The van der Waals surface area contributed by atoms with E-state index < -0.39 is 0 Å². The second-order valence-electron chi connectivity index (χ2n) is 5.22. The van der Waals surface area contributed by atoms with Crippen LogP contribution >= 0.6 is 0 Å². The summed E-state index contributed by atoms with van der Waals surface area (Å²) in [6, 6.07) is 6.38. The van der Waals surface area contributed by atoms with Crippen molar-refractivity contribution >= 4 is 11.8 Å². The van der Waals surface area contributed by atoms with E-state index in [9.17, 15) is 9.59 Å². The van der Waals surface area contributed by atoms with E-state index in [1.54, 1.807) is 0 Å². The van der Waals surface area contributed by atoms with E-state index in [1.807, 2.05) is 0 Å². The van der Waals surface area contributed by atoms with Gasteiger partial charge < -0.3 is 0 Å². The predicted molar refractivity (Wildman–Crippen MR) is 72.5 cm³/mol. The van der Waals surface area contributed by atoms with Crippen LogP contribution in [0, 0.1) is 0 Å². The van der Waals surface area contributed by atoms with Crippen molar-refractivity contribution in [2.75, 3.05) is 0 Å². The van der Waals surface area contributed by atoms with Gasteiger partial charge in [0, 0.05) is 12.2 Å². The van der Waals surface area contributed by atoms with E-state index in [1.165, 1.54) is 28.2 Å². The minimum absolute atomic E-state index is 0.0688. The molecular weight excluding hydrogens is 238 g/mol. The summed E-state index contributed by atoms with van der Waals surface area (Å²) in [5.74, 6) is -0.360. The lowest BCUT2D eigenvalue weighted by molar-refractivity contribution is -0.139. The lowest BCUT2D eigenvalue weighted by atomic mass is 10.0. The number of imide groups is 1. The van der Waals surface area contributed by atoms with Gasteiger partial charge in [-0.05, 0) is 36.0 Å². The molecule has 98 valence electrons. The summed E-state index contributed by atoms with van der Waals surface area (Å²) in [6.07, 6.45) is 6.76. The second-order valence-corrected chi connectivity index (χ2v) is 5.22. The summed E-state index contributed by atoms with van der Waals surface area (Å²) in [4.78, 5) is 24.9. The fourth-order valence-corrected chi connectivity index (χ4v) is 3.08. The van der Waals surface area contributed by atoms with Crippen molar-refractivity contribution in [3.63, 3.8) is 0 Å². The maximum atomic E-state index is 11.8. The van der Waals surface area contributed by atoms with Crippen LogP contribution in [0.5, 0.6) is 0 Å². The van der Waals surface area contributed by atoms with Crippen molar-refractivity contribution in [3.05, 3.63) is 47.0 Å². The number of carbonyl (C=O) groups excluding carboxylic acids is 2. The Morgan fingerprint density at radius 3 is 2.63 bits per heavy atom. The first kappa shape index (κ1) is 12.2. The summed E-state index contributed by atoms with van der Waals surface area (Å²) in [7, 11) is 0. The number of carbonyl (C=O) groups is 2. The van der Waals surface area contributed by atoms with Gasteiger partial charge in [0.1, 0.15) is 0 Å². The van der Waals surface area contributed by atoms with E-state index in [-0.39, 0.29) is 17.9 Å². The summed E-state index contributed by atoms with van der Waals surface area (Å²) < 4.78 is 0. The number of benzene rings is 1. The van der Waals surface area contributed by atoms with Crippen LogP contribution in [0.4, 0.5) is 0 Å². The highest BCUT2D eigenvalue weighted by Gasteiger charge is 2.35. The highest BCUT2D eigenvalue weighted by Crippen LogP contribution is 2.37. The molecule has 3 rings (SSSR count). The molecule has 1 aromatic rings. The van der Waals surface area contributed by atoms with Gasteiger partial charge >= 0.3 is 0 Å². The summed E-state index contributed by atoms with van der Waals surface area (Å²) in [5.41, 5.74) is 3.79. The normalized spacial score (nSPS) is 21.3. The van der Waals surface area contributed by atoms with Crippen molar-refractivity contribution in [2.24, 2.45) is 0 Å². The molecule has 0 radical (unpaired) electrons. The van der Waals surface area contributed by atoms with Gasteiger partial charge in [-0.2, -0.15) is 0 Å². The Balaban J connectivity index is 1.90. The van der Waals surface area contributed by atoms with Gasteiger partial charge in [-0.1, -0.05) is 31.5 Å². The van der Waals surface area contributed by atoms with Crippen molar-refractivity contribution in [3.8, 4) is 0 Å². The molecule has 0 saturated carbocycles. The maximum Gasteiger partial charge on any atom is 0.254 e. The van der Waals surface area contributed by atoms with Crippen LogP contribution in [0.25, 0.3) is 0 Å². The first-order valence-corrected chi connectivity index (χ1v) is 6.87. The van der Waals surface area contributed by atoms with Gasteiger partial charge in [0.25, 0.3) is 11.8 Å². The first-order chi connectivity index (χ1) is 9.20. The fourth-order valence-electron chi connectivity index (χ4n) is 3.08. The minimum Gasteiger partial charge on any atom is -0.269 e. The average Bonchev–Trinajstić information content (AvgIpc) is 2.93. The molecule has 2 aliphatic rings. The van der Waals surface area contributed by atoms with Crippen LogP contribution < -0.4 is 0 Å². The molecule has 1 atom stereocenters. The number of rotatable bonds is 3. The fraction of sp³-hybridized carbons (Fsp3) is 0.375. The Bertz CT molecular complexity index is 556. The monoisotopic (exact) mass is 255 g/mol. The third kappa shape index (κ3) is 1.99. The van der Waals surface area contributed by atoms with E-state index in [0.717, 1.165) is 31.2 Å². The van der Waals surface area contributed by atoms with Gasteiger partial charge in [-0.3, -0.25) is 14.5 Å². The molecule has 1 aliphatic heterocycles. The van der Waals surface area contributed by atoms with E-state index in [2.05, 4.69) is 25.1 Å². The lowest BCUT2D eigenvalue weighted by Gasteiger charge is -2.22. The highest BCUT2D eigenvalue weighted by molar-refractivity contribution is 6.13. The molecule has 0 saturated heterocycles. The van der Waals surface area contributed by atoms with Gasteiger partial charge in [-0.25, -0.2) is 0 Å². The van der Waals surface area contributed by atoms with Crippen LogP contribution in [0.2, 0.25) is 0 Å². The Morgan fingerprint density at radius 1 is 1.21 bits per heavy atom. The number of hydrogen-bond donors (Lipinski definition) is 0. The zero-order valence-electron chi connectivity index (χ0n) is 11.1. The Hall–Kier alpha value is -1.90. The molecule has 19 heavy (non-hydrogen) atoms. The number of hydrogen-bond acceptors (Lipinski definition) is 2. The van der Waals surface area contributed by atoms with Gasteiger partial charge in [-0.15, -0.1) is 0 Å². The second kappa shape index (κ2) is 4.65. The minimum atomic E-state index is -0.180. The number of nitrogens with zero attached hydrogens (tertiary/aromatic N) is 1. The average molecular weight is 255 g/mol. The van der Waals surface area contributed by atoms with Crippen molar-refractivity contribution in [1.29, 1.82) is 0 Å². The Morgan fingerprint density at radius 2 is 1.95 bits per heavy atom. The summed E-state index contributed by atoms with van der Waals surface area (Å²) >= 11 is 0. The molecule has 0 spiro atoms. The molecular formula is C16H17NO2. The van der Waals surface area contributed by atoms with Gasteiger partial charge in [0.2, 0.25) is 0 Å². The zero-order chi connectivity index (χ0) is 13.4. The predicted octanol–water partition coefficient (Wildman–Crippen LogP) is 2.55. The van der Waals surface area contributed by atoms with Crippen LogP contribution in [0.3, 0.4) is 0 Å². The molecule has 0 N–H and O–H groups in total. The maximum absolute atomic E-state index is 11.8. The largest absolute Gasteiger partial charge is 0.269 e. The quantitative estimate of drug-likeness (QED) is 0.778. The molecule has 3 heteroatoms. The SMILES string of the molecule is CCCc1ccc2c(c1)CC[C@@H]2N1C(=O)C=CC1=O. The number of fused-ring (bicyclic) bond motifs is 1. The van der Waals surface area contributed by atoms with E-state index >= 15 is 0 Å². The smallest absolute Gasteiger partial charge is 0.254 e. The summed E-state index contributed by atoms with van der Waals surface area (Å²) in [5, 5.41) is 0. The topological polar surface area (TPSA) is 37.4 Å². The molecule has 2 amide bonds. The Kier molecular flexibility index (Phi) is 2.97.